The molecule has 0 spiro atoms. The van der Waals surface area contributed by atoms with Crippen molar-refractivity contribution in [2.45, 2.75) is 31.3 Å². The van der Waals surface area contributed by atoms with E-state index in [-0.39, 0.29) is 5.97 Å². The van der Waals surface area contributed by atoms with Gasteiger partial charge in [-0.2, -0.15) is 0 Å². The summed E-state index contributed by atoms with van der Waals surface area (Å²) in [6.45, 7) is 3.15. The predicted octanol–water partition coefficient (Wildman–Crippen LogP) is 5.20. The predicted molar refractivity (Wildman–Crippen MR) is 109 cm³/mol. The van der Waals surface area contributed by atoms with E-state index in [0.29, 0.717) is 5.66 Å². The second-order valence-corrected chi connectivity index (χ2v) is 9.17. The molecule has 2 aromatic rings. The number of rotatable bonds is 7. The van der Waals surface area contributed by atoms with Crippen LogP contribution in [0, 0.1) is 0 Å². The second-order valence-electron chi connectivity index (χ2n) is 8.04. The van der Waals surface area contributed by atoms with Crippen molar-refractivity contribution < 1.29 is 18.5 Å². The first-order valence-electron chi connectivity index (χ1n) is 9.46. The largest absolute Gasteiger partial charge is 0.644 e. The zero-order valence-corrected chi connectivity index (χ0v) is 17.4. The van der Waals surface area contributed by atoms with Crippen LogP contribution in [0.15, 0.2) is 48.5 Å². The molecule has 0 radical (unpaired) electrons. The highest BCUT2D eigenvalue weighted by Crippen LogP contribution is 2.45. The molecule has 0 aromatic heterocycles. The fourth-order valence-electron chi connectivity index (χ4n) is 3.49. The third-order valence-corrected chi connectivity index (χ3v) is 5.59. The van der Waals surface area contributed by atoms with Crippen LogP contribution in [0.5, 0.6) is 11.5 Å². The summed E-state index contributed by atoms with van der Waals surface area (Å²) in [5.41, 5.74) is 2.08. The number of carbonyl (C=O) groups excluding carboxylic acids is 1. The van der Waals surface area contributed by atoms with Gasteiger partial charge >= 0.3 is 0 Å². The summed E-state index contributed by atoms with van der Waals surface area (Å²) in [4.78, 5) is 13.1. The van der Waals surface area contributed by atoms with Crippen LogP contribution >= 0.6 is 8.81 Å². The maximum Gasteiger partial charge on any atom is 0.286 e. The standard InChI is InChI=1S/C22H28NO3P/c1-5-10-16(15-23(2,3)4)27-26-22(24)21-17-11-6-8-13-19(17)25-20-14-9-7-12-18(20)21/h6-9,11-14,16,21H,5,10,15H2,1-4H3. The van der Waals surface area contributed by atoms with E-state index in [9.17, 15) is 4.79 Å². The summed E-state index contributed by atoms with van der Waals surface area (Å²) < 4.78 is 12.7. The molecule has 3 rings (SSSR count). The van der Waals surface area contributed by atoms with E-state index in [4.69, 9.17) is 9.26 Å². The smallest absolute Gasteiger partial charge is 0.286 e. The van der Waals surface area contributed by atoms with Gasteiger partial charge in [0, 0.05) is 11.1 Å². The van der Waals surface area contributed by atoms with Crippen LogP contribution in [0.4, 0.5) is 0 Å². The molecular formula is C22H28NO3P. The second kappa shape index (κ2) is 8.41. The van der Waals surface area contributed by atoms with Gasteiger partial charge < -0.3 is 22.6 Å². The summed E-state index contributed by atoms with van der Waals surface area (Å²) >= 11 is 0. The van der Waals surface area contributed by atoms with Gasteiger partial charge in [0.25, 0.3) is 5.97 Å². The molecule has 0 bridgehead atoms. The van der Waals surface area contributed by atoms with Crippen LogP contribution in [0.25, 0.3) is 0 Å². The van der Waals surface area contributed by atoms with Gasteiger partial charge in [0.15, 0.2) is 0 Å². The molecular weight excluding hydrogens is 357 g/mol. The molecule has 5 heteroatoms. The first-order chi connectivity index (χ1) is 12.9. The molecule has 27 heavy (non-hydrogen) atoms. The van der Waals surface area contributed by atoms with Crippen LogP contribution in [-0.2, 0) is 9.32 Å². The first-order valence-corrected chi connectivity index (χ1v) is 10.3. The zero-order valence-electron chi connectivity index (χ0n) is 16.5. The molecule has 1 aliphatic rings. The van der Waals surface area contributed by atoms with Gasteiger partial charge in [-0.15, -0.1) is 0 Å². The van der Waals surface area contributed by atoms with E-state index < -0.39 is 5.92 Å². The molecule has 1 unspecified atom stereocenters. The molecule has 0 saturated heterocycles. The van der Waals surface area contributed by atoms with Crippen molar-refractivity contribution in [3.8, 4) is 11.5 Å². The first kappa shape index (κ1) is 19.9. The van der Waals surface area contributed by atoms with E-state index >= 15 is 0 Å². The van der Waals surface area contributed by atoms with Crippen molar-refractivity contribution >= 4 is 14.8 Å². The summed E-state index contributed by atoms with van der Waals surface area (Å²) in [7, 11) is 7.26. The highest BCUT2D eigenvalue weighted by molar-refractivity contribution is 7.33. The minimum absolute atomic E-state index is 0.206. The summed E-state index contributed by atoms with van der Waals surface area (Å²) in [5, 5.41) is 0. The molecule has 1 atom stereocenters. The van der Waals surface area contributed by atoms with E-state index in [0.717, 1.165) is 55.3 Å². The lowest BCUT2D eigenvalue weighted by Crippen LogP contribution is -2.40. The van der Waals surface area contributed by atoms with Crippen LogP contribution < -0.4 is 4.74 Å². The lowest BCUT2D eigenvalue weighted by atomic mass is 9.88. The van der Waals surface area contributed by atoms with Gasteiger partial charge in [0.1, 0.15) is 17.4 Å². The van der Waals surface area contributed by atoms with Crippen molar-refractivity contribution in [2.75, 3.05) is 27.7 Å². The Hall–Kier alpha value is -1.90. The number of quaternary nitrogens is 1. The minimum atomic E-state index is -0.440. The van der Waals surface area contributed by atoms with Gasteiger partial charge in [-0.1, -0.05) is 61.8 Å². The number of benzene rings is 2. The Balaban J connectivity index is 1.80. The molecule has 0 N–H and O–H groups in total. The number of fused-ring (bicyclic) bond motifs is 2. The van der Waals surface area contributed by atoms with Crippen molar-refractivity contribution in [1.29, 1.82) is 0 Å². The van der Waals surface area contributed by atoms with Crippen LogP contribution in [0.2, 0.25) is 0 Å². The van der Waals surface area contributed by atoms with Crippen molar-refractivity contribution in [2.24, 2.45) is 0 Å². The average molecular weight is 385 g/mol. The molecule has 1 heterocycles. The van der Waals surface area contributed by atoms with Crippen LogP contribution in [-0.4, -0.2) is 43.8 Å². The van der Waals surface area contributed by atoms with Crippen LogP contribution in [0.3, 0.4) is 0 Å². The molecule has 144 valence electrons. The fourth-order valence-corrected chi connectivity index (χ4v) is 4.76. The van der Waals surface area contributed by atoms with Crippen molar-refractivity contribution in [1.82, 2.24) is 0 Å². The normalized spacial score (nSPS) is 15.1. The number of carbonyl (C=O) groups is 1. The van der Waals surface area contributed by atoms with Gasteiger partial charge in [-0.3, -0.25) is 4.79 Å². The average Bonchev–Trinajstić information content (AvgIpc) is 2.63. The lowest BCUT2D eigenvalue weighted by molar-refractivity contribution is -0.869. The minimum Gasteiger partial charge on any atom is -0.644 e. The van der Waals surface area contributed by atoms with Crippen molar-refractivity contribution in [3.63, 3.8) is 0 Å². The van der Waals surface area contributed by atoms with Crippen molar-refractivity contribution in [3.05, 3.63) is 59.7 Å². The number of hydrogen-bond acceptors (Lipinski definition) is 3. The molecule has 2 aromatic carbocycles. The van der Waals surface area contributed by atoms with E-state index in [2.05, 4.69) is 28.1 Å². The van der Waals surface area contributed by atoms with Gasteiger partial charge in [0.2, 0.25) is 0 Å². The Morgan fingerprint density at radius 1 is 1.07 bits per heavy atom. The third kappa shape index (κ3) is 4.88. The van der Waals surface area contributed by atoms with E-state index in [1.807, 2.05) is 48.5 Å². The van der Waals surface area contributed by atoms with Gasteiger partial charge in [-0.05, 0) is 12.1 Å². The Kier molecular flexibility index (Phi) is 6.18. The highest BCUT2D eigenvalue weighted by atomic mass is 31.1. The Morgan fingerprint density at radius 3 is 2.15 bits per heavy atom. The zero-order chi connectivity index (χ0) is 19.4. The number of nitrogens with zero attached hydrogens (tertiary/aromatic N) is 1. The lowest BCUT2D eigenvalue weighted by Gasteiger charge is -2.37. The Labute approximate surface area is 163 Å². The van der Waals surface area contributed by atoms with Gasteiger partial charge in [0.05, 0.1) is 27.7 Å². The topological polar surface area (TPSA) is 35.5 Å². The quantitative estimate of drug-likeness (QED) is 0.485. The molecule has 0 fully saturated rings. The monoisotopic (exact) mass is 385 g/mol. The molecule has 0 amide bonds. The van der Waals surface area contributed by atoms with Crippen LogP contribution in [0.1, 0.15) is 36.8 Å². The maximum absolute atomic E-state index is 13.1. The molecule has 0 aliphatic carbocycles. The SMILES string of the molecule is CCCC(C[N+](C)(C)C)[P-]OC(=O)C1c2ccccc2Oc2ccccc21. The Morgan fingerprint density at radius 2 is 1.63 bits per heavy atom. The molecule has 0 saturated carbocycles. The number of ether oxygens (including phenoxy) is 1. The van der Waals surface area contributed by atoms with Gasteiger partial charge in [-0.25, -0.2) is 0 Å². The summed E-state index contributed by atoms with van der Waals surface area (Å²) in [6, 6.07) is 15.4. The highest BCUT2D eigenvalue weighted by Gasteiger charge is 2.32. The van der Waals surface area contributed by atoms with E-state index in [1.165, 1.54) is 0 Å². The maximum atomic E-state index is 13.1. The molecule has 1 aliphatic heterocycles. The summed E-state index contributed by atoms with van der Waals surface area (Å²) in [5.74, 6) is 0.810. The van der Waals surface area contributed by atoms with E-state index in [1.54, 1.807) is 0 Å². The number of para-hydroxylation sites is 2. The number of hydrogen-bond donors (Lipinski definition) is 0. The molecule has 4 nitrogen and oxygen atoms in total. The summed E-state index contributed by atoms with van der Waals surface area (Å²) in [6.07, 6.45) is 2.13. The third-order valence-electron chi connectivity index (χ3n) is 4.59. The fraction of sp³-hybridized carbons (Fsp3) is 0.409. The Bertz CT molecular complexity index is 755.